The van der Waals surface area contributed by atoms with E-state index < -0.39 is 0 Å². The quantitative estimate of drug-likeness (QED) is 0.787. The van der Waals surface area contributed by atoms with E-state index in [2.05, 4.69) is 9.97 Å². The van der Waals surface area contributed by atoms with Crippen LogP contribution in [0.5, 0.6) is 5.75 Å². The summed E-state index contributed by atoms with van der Waals surface area (Å²) >= 11 is 1.54. The molecule has 2 aromatic rings. The smallest absolute Gasteiger partial charge is 0.143 e. The number of aromatic hydroxyl groups is 1. The van der Waals surface area contributed by atoms with E-state index >= 15 is 0 Å². The average Bonchev–Trinajstić information content (AvgIpc) is 2.31. The van der Waals surface area contributed by atoms with Gasteiger partial charge in [-0.25, -0.2) is 4.98 Å². The monoisotopic (exact) mass is 218 g/mol. The second-order valence-electron chi connectivity index (χ2n) is 2.94. The van der Waals surface area contributed by atoms with Crippen LogP contribution >= 0.6 is 11.8 Å². The zero-order valence-corrected chi connectivity index (χ0v) is 9.03. The normalized spacial score (nSPS) is 10.2. The summed E-state index contributed by atoms with van der Waals surface area (Å²) in [7, 11) is 0. The first-order valence-corrected chi connectivity index (χ1v) is 5.69. The number of hydrogen-bond acceptors (Lipinski definition) is 4. The summed E-state index contributed by atoms with van der Waals surface area (Å²) in [6.45, 7) is 0. The maximum atomic E-state index is 9.67. The Morgan fingerprint density at radius 1 is 1.20 bits per heavy atom. The standard InChI is InChI=1S/C11H10N2OS/c1-15-10-6-5-9(14)11(13-10)8-4-2-3-7-12-8/h2-7,14H,1H3. The molecule has 4 heteroatoms. The predicted molar refractivity (Wildman–Crippen MR) is 60.9 cm³/mol. The molecular weight excluding hydrogens is 208 g/mol. The van der Waals surface area contributed by atoms with E-state index in [1.54, 1.807) is 18.3 Å². The highest BCUT2D eigenvalue weighted by molar-refractivity contribution is 7.98. The van der Waals surface area contributed by atoms with Gasteiger partial charge in [-0.15, -0.1) is 11.8 Å². The van der Waals surface area contributed by atoms with Crippen molar-refractivity contribution in [3.05, 3.63) is 36.5 Å². The molecule has 0 aliphatic heterocycles. The van der Waals surface area contributed by atoms with Gasteiger partial charge in [-0.05, 0) is 30.5 Å². The summed E-state index contributed by atoms with van der Waals surface area (Å²) in [6, 6.07) is 8.95. The van der Waals surface area contributed by atoms with E-state index in [0.717, 1.165) is 5.03 Å². The van der Waals surface area contributed by atoms with E-state index in [1.807, 2.05) is 24.5 Å². The lowest BCUT2D eigenvalue weighted by Crippen LogP contribution is -1.88. The van der Waals surface area contributed by atoms with Crippen LogP contribution in [0.4, 0.5) is 0 Å². The molecule has 0 saturated carbocycles. The van der Waals surface area contributed by atoms with Gasteiger partial charge in [0.1, 0.15) is 11.4 Å². The van der Waals surface area contributed by atoms with Gasteiger partial charge < -0.3 is 5.11 Å². The Hall–Kier alpha value is -1.55. The third-order valence-electron chi connectivity index (χ3n) is 1.97. The number of hydrogen-bond donors (Lipinski definition) is 1. The molecule has 0 radical (unpaired) electrons. The molecule has 0 aromatic carbocycles. The lowest BCUT2D eigenvalue weighted by atomic mass is 10.2. The molecule has 76 valence electrons. The minimum Gasteiger partial charge on any atom is -0.506 e. The van der Waals surface area contributed by atoms with Gasteiger partial charge in [0, 0.05) is 6.20 Å². The van der Waals surface area contributed by atoms with Gasteiger partial charge >= 0.3 is 0 Å². The number of pyridine rings is 2. The molecule has 0 atom stereocenters. The van der Waals surface area contributed by atoms with E-state index in [0.29, 0.717) is 11.4 Å². The minimum absolute atomic E-state index is 0.159. The maximum Gasteiger partial charge on any atom is 0.143 e. The van der Waals surface area contributed by atoms with E-state index in [9.17, 15) is 5.11 Å². The first kappa shape index (κ1) is 9.98. The Morgan fingerprint density at radius 2 is 2.07 bits per heavy atom. The summed E-state index contributed by atoms with van der Waals surface area (Å²) in [5.74, 6) is 0.159. The molecular formula is C11H10N2OS. The van der Waals surface area contributed by atoms with Crippen LogP contribution in [0.25, 0.3) is 11.4 Å². The zero-order valence-electron chi connectivity index (χ0n) is 8.21. The van der Waals surface area contributed by atoms with Crippen LogP contribution in [0.15, 0.2) is 41.6 Å². The van der Waals surface area contributed by atoms with Crippen molar-refractivity contribution in [2.24, 2.45) is 0 Å². The van der Waals surface area contributed by atoms with E-state index in [4.69, 9.17) is 0 Å². The fourth-order valence-electron chi connectivity index (χ4n) is 1.24. The van der Waals surface area contributed by atoms with E-state index in [-0.39, 0.29) is 5.75 Å². The molecule has 0 amide bonds. The molecule has 2 aromatic heterocycles. The highest BCUT2D eigenvalue weighted by atomic mass is 32.2. The predicted octanol–water partition coefficient (Wildman–Crippen LogP) is 2.57. The summed E-state index contributed by atoms with van der Waals surface area (Å²) in [5.41, 5.74) is 1.22. The van der Waals surface area contributed by atoms with Gasteiger partial charge in [0.15, 0.2) is 0 Å². The van der Waals surface area contributed by atoms with Crippen molar-refractivity contribution in [3.8, 4) is 17.1 Å². The molecule has 0 unspecified atom stereocenters. The van der Waals surface area contributed by atoms with Gasteiger partial charge in [0.2, 0.25) is 0 Å². The Bertz CT molecular complexity index is 459. The lowest BCUT2D eigenvalue weighted by Gasteiger charge is -2.04. The summed E-state index contributed by atoms with van der Waals surface area (Å²) in [4.78, 5) is 8.46. The molecule has 1 N–H and O–H groups in total. The van der Waals surface area contributed by atoms with Crippen LogP contribution in [0.1, 0.15) is 0 Å². The third-order valence-corrected chi connectivity index (χ3v) is 2.61. The average molecular weight is 218 g/mol. The molecule has 2 heterocycles. The first-order chi connectivity index (χ1) is 7.31. The van der Waals surface area contributed by atoms with Gasteiger partial charge in [-0.1, -0.05) is 6.07 Å². The topological polar surface area (TPSA) is 46.0 Å². The van der Waals surface area contributed by atoms with Crippen molar-refractivity contribution in [3.63, 3.8) is 0 Å². The van der Waals surface area contributed by atoms with Crippen LogP contribution in [0.2, 0.25) is 0 Å². The van der Waals surface area contributed by atoms with Crippen molar-refractivity contribution in [2.75, 3.05) is 6.26 Å². The molecule has 3 nitrogen and oxygen atoms in total. The van der Waals surface area contributed by atoms with Gasteiger partial charge in [0.25, 0.3) is 0 Å². The number of thioether (sulfide) groups is 1. The zero-order chi connectivity index (χ0) is 10.7. The SMILES string of the molecule is CSc1ccc(O)c(-c2ccccn2)n1. The largest absolute Gasteiger partial charge is 0.506 e. The molecule has 0 aliphatic carbocycles. The van der Waals surface area contributed by atoms with Gasteiger partial charge in [0.05, 0.1) is 10.7 Å². The Labute approximate surface area is 92.2 Å². The van der Waals surface area contributed by atoms with Crippen molar-refractivity contribution in [2.45, 2.75) is 5.03 Å². The number of nitrogens with zero attached hydrogens (tertiary/aromatic N) is 2. The lowest BCUT2D eigenvalue weighted by molar-refractivity contribution is 0.474. The third kappa shape index (κ3) is 2.10. The van der Waals surface area contributed by atoms with Crippen molar-refractivity contribution < 1.29 is 5.11 Å². The minimum atomic E-state index is 0.159. The Balaban J connectivity index is 2.52. The number of aromatic nitrogens is 2. The molecule has 0 fully saturated rings. The van der Waals surface area contributed by atoms with Crippen molar-refractivity contribution in [1.29, 1.82) is 0 Å². The summed E-state index contributed by atoms with van der Waals surface area (Å²) in [5, 5.41) is 10.5. The second-order valence-corrected chi connectivity index (χ2v) is 3.76. The molecule has 0 bridgehead atoms. The van der Waals surface area contributed by atoms with Crippen LogP contribution in [-0.2, 0) is 0 Å². The van der Waals surface area contributed by atoms with E-state index in [1.165, 1.54) is 11.8 Å². The van der Waals surface area contributed by atoms with Crippen molar-refractivity contribution in [1.82, 2.24) is 9.97 Å². The van der Waals surface area contributed by atoms with Crippen LogP contribution in [-0.4, -0.2) is 21.3 Å². The second kappa shape index (κ2) is 4.31. The van der Waals surface area contributed by atoms with Crippen LogP contribution < -0.4 is 0 Å². The van der Waals surface area contributed by atoms with Gasteiger partial charge in [-0.3, -0.25) is 4.98 Å². The summed E-state index contributed by atoms with van der Waals surface area (Å²) in [6.07, 6.45) is 3.63. The number of rotatable bonds is 2. The van der Waals surface area contributed by atoms with Gasteiger partial charge in [-0.2, -0.15) is 0 Å². The molecule has 0 aliphatic rings. The Kier molecular flexibility index (Phi) is 2.87. The molecule has 0 saturated heterocycles. The van der Waals surface area contributed by atoms with Crippen LogP contribution in [0, 0.1) is 0 Å². The first-order valence-electron chi connectivity index (χ1n) is 4.46. The van der Waals surface area contributed by atoms with Crippen molar-refractivity contribution >= 4 is 11.8 Å². The summed E-state index contributed by atoms with van der Waals surface area (Å²) < 4.78 is 0. The highest BCUT2D eigenvalue weighted by Crippen LogP contribution is 2.27. The van der Waals surface area contributed by atoms with Crippen LogP contribution in [0.3, 0.4) is 0 Å². The highest BCUT2D eigenvalue weighted by Gasteiger charge is 2.07. The molecule has 2 rings (SSSR count). The fourth-order valence-corrected chi connectivity index (χ4v) is 1.63. The Morgan fingerprint density at radius 3 is 2.73 bits per heavy atom. The maximum absolute atomic E-state index is 9.67. The molecule has 15 heavy (non-hydrogen) atoms. The molecule has 0 spiro atoms. The fraction of sp³-hybridized carbons (Fsp3) is 0.0909.